The van der Waals surface area contributed by atoms with Crippen LogP contribution in [0.25, 0.3) is 22.4 Å². The van der Waals surface area contributed by atoms with Gasteiger partial charge in [-0.2, -0.15) is 18.2 Å². The van der Waals surface area contributed by atoms with E-state index in [0.29, 0.717) is 16.5 Å². The SMILES string of the molecule is CC(C)(C)n1ccc(C(=O)NCc2nc(-c3cc4c(NC5CCn6cncc6C5)cccc4n3CC(F)(F)F)no2)c1. The highest BCUT2D eigenvalue weighted by Crippen LogP contribution is 2.35. The number of imidazole rings is 1. The molecule has 0 saturated heterocycles. The van der Waals surface area contributed by atoms with Gasteiger partial charge in [-0.25, -0.2) is 4.98 Å². The lowest BCUT2D eigenvalue weighted by Gasteiger charge is -2.26. The van der Waals surface area contributed by atoms with Crippen molar-refractivity contribution in [3.8, 4) is 11.5 Å². The van der Waals surface area contributed by atoms with E-state index >= 15 is 0 Å². The van der Waals surface area contributed by atoms with Crippen LogP contribution in [0.15, 0.2) is 59.8 Å². The lowest BCUT2D eigenvalue weighted by molar-refractivity contribution is -0.139. The van der Waals surface area contributed by atoms with Gasteiger partial charge in [-0.3, -0.25) is 4.79 Å². The van der Waals surface area contributed by atoms with E-state index in [1.165, 1.54) is 0 Å². The largest absolute Gasteiger partial charge is 0.406 e. The minimum atomic E-state index is -4.48. The number of nitrogens with zero attached hydrogens (tertiary/aromatic N) is 6. The zero-order chi connectivity index (χ0) is 29.6. The average molecular weight is 581 g/mol. The maximum absolute atomic E-state index is 13.7. The van der Waals surface area contributed by atoms with Crippen LogP contribution in [-0.4, -0.2) is 47.0 Å². The molecule has 6 rings (SSSR count). The van der Waals surface area contributed by atoms with Gasteiger partial charge >= 0.3 is 6.18 Å². The summed E-state index contributed by atoms with van der Waals surface area (Å²) in [5.74, 6) is -0.244. The summed E-state index contributed by atoms with van der Waals surface area (Å²) in [5, 5.41) is 10.8. The van der Waals surface area contributed by atoms with E-state index in [9.17, 15) is 18.0 Å². The second-order valence-electron chi connectivity index (χ2n) is 11.6. The Morgan fingerprint density at radius 3 is 2.79 bits per heavy atom. The Bertz CT molecular complexity index is 1740. The summed E-state index contributed by atoms with van der Waals surface area (Å²) in [6.45, 7) is 5.60. The quantitative estimate of drug-likeness (QED) is 0.268. The first-order chi connectivity index (χ1) is 19.9. The number of alkyl halides is 3. The van der Waals surface area contributed by atoms with Gasteiger partial charge in [0.25, 0.3) is 5.91 Å². The van der Waals surface area contributed by atoms with Crippen LogP contribution in [0, 0.1) is 0 Å². The number of benzene rings is 1. The van der Waals surface area contributed by atoms with Gasteiger partial charge in [-0.15, -0.1) is 0 Å². The number of anilines is 1. The molecule has 0 aliphatic carbocycles. The zero-order valence-electron chi connectivity index (χ0n) is 23.4. The predicted octanol–water partition coefficient (Wildman–Crippen LogP) is 5.36. The molecule has 13 heteroatoms. The molecule has 1 unspecified atom stereocenters. The van der Waals surface area contributed by atoms with E-state index < -0.39 is 12.7 Å². The van der Waals surface area contributed by atoms with Crippen LogP contribution < -0.4 is 10.6 Å². The van der Waals surface area contributed by atoms with Crippen molar-refractivity contribution in [1.82, 2.24) is 34.1 Å². The second-order valence-corrected chi connectivity index (χ2v) is 11.6. The number of rotatable bonds is 7. The molecular weight excluding hydrogens is 549 g/mol. The summed E-state index contributed by atoms with van der Waals surface area (Å²) < 4.78 is 51.7. The number of fused-ring (bicyclic) bond motifs is 2. The Hall–Kier alpha value is -4.55. The third-order valence-electron chi connectivity index (χ3n) is 7.44. The van der Waals surface area contributed by atoms with Crippen LogP contribution in [-0.2, 0) is 31.6 Å². The van der Waals surface area contributed by atoms with Crippen molar-refractivity contribution in [2.75, 3.05) is 5.32 Å². The highest BCUT2D eigenvalue weighted by atomic mass is 19.4. The smallest absolute Gasteiger partial charge is 0.381 e. The Morgan fingerprint density at radius 2 is 2.02 bits per heavy atom. The van der Waals surface area contributed by atoms with Crippen molar-refractivity contribution in [2.24, 2.45) is 0 Å². The number of carbonyl (C=O) groups excluding carboxylic acids is 1. The van der Waals surface area contributed by atoms with Gasteiger partial charge in [0.1, 0.15) is 6.54 Å². The third kappa shape index (κ3) is 5.63. The van der Waals surface area contributed by atoms with Gasteiger partial charge < -0.3 is 28.9 Å². The fourth-order valence-corrected chi connectivity index (χ4v) is 5.29. The normalized spacial score (nSPS) is 15.6. The van der Waals surface area contributed by atoms with E-state index in [1.807, 2.05) is 50.1 Å². The molecule has 1 aromatic carbocycles. The molecule has 10 nitrogen and oxygen atoms in total. The van der Waals surface area contributed by atoms with Crippen molar-refractivity contribution in [2.45, 2.75) is 71.0 Å². The minimum Gasteiger partial charge on any atom is -0.381 e. The summed E-state index contributed by atoms with van der Waals surface area (Å²) in [6.07, 6.45) is 4.36. The van der Waals surface area contributed by atoms with Crippen LogP contribution in [0.2, 0.25) is 0 Å². The monoisotopic (exact) mass is 580 g/mol. The van der Waals surface area contributed by atoms with Gasteiger partial charge in [-0.1, -0.05) is 11.2 Å². The maximum Gasteiger partial charge on any atom is 0.406 e. The fourth-order valence-electron chi connectivity index (χ4n) is 5.29. The number of amides is 1. The second kappa shape index (κ2) is 10.4. The van der Waals surface area contributed by atoms with Crippen molar-refractivity contribution < 1.29 is 22.5 Å². The van der Waals surface area contributed by atoms with Crippen LogP contribution >= 0.6 is 0 Å². The number of hydrogen-bond donors (Lipinski definition) is 2. The zero-order valence-corrected chi connectivity index (χ0v) is 23.4. The first-order valence-corrected chi connectivity index (χ1v) is 13.7. The summed E-state index contributed by atoms with van der Waals surface area (Å²) in [7, 11) is 0. The van der Waals surface area contributed by atoms with Crippen LogP contribution in [0.5, 0.6) is 0 Å². The first-order valence-electron chi connectivity index (χ1n) is 13.7. The molecule has 0 bridgehead atoms. The standard InChI is InChI=1S/C29H31F3N8O2/c1-28(2,3)39-10-7-18(15-39)27(41)34-14-25-36-26(37-42-25)24-12-21-22(5-4-6-23(21)40(24)16-29(30,31)32)35-19-8-9-38-17-33-13-20(38)11-19/h4-7,10,12-13,15,17,19,35H,8-9,11,14,16H2,1-3H3,(H,34,41). The lowest BCUT2D eigenvalue weighted by Crippen LogP contribution is -2.29. The topological polar surface area (TPSA) is 108 Å². The number of carbonyl (C=O) groups is 1. The molecule has 5 heterocycles. The Labute approximate surface area is 239 Å². The molecule has 5 aromatic rings. The Morgan fingerprint density at radius 1 is 1.19 bits per heavy atom. The summed E-state index contributed by atoms with van der Waals surface area (Å²) >= 11 is 0. The molecule has 1 aliphatic rings. The molecule has 0 spiro atoms. The first kappa shape index (κ1) is 27.6. The van der Waals surface area contributed by atoms with Crippen molar-refractivity contribution in [1.29, 1.82) is 0 Å². The van der Waals surface area contributed by atoms with Gasteiger partial charge in [0.05, 0.1) is 29.6 Å². The van der Waals surface area contributed by atoms with Crippen molar-refractivity contribution in [3.05, 3.63) is 72.4 Å². The number of halogens is 3. The van der Waals surface area contributed by atoms with Gasteiger partial charge in [0.15, 0.2) is 0 Å². The molecule has 0 fully saturated rings. The Kier molecular flexibility index (Phi) is 6.82. The molecule has 42 heavy (non-hydrogen) atoms. The maximum atomic E-state index is 13.7. The predicted molar refractivity (Wildman–Crippen MR) is 150 cm³/mol. The molecule has 0 radical (unpaired) electrons. The van der Waals surface area contributed by atoms with E-state index in [1.54, 1.807) is 30.5 Å². The molecule has 1 amide bonds. The average Bonchev–Trinajstić information content (AvgIpc) is 3.72. The summed E-state index contributed by atoms with van der Waals surface area (Å²) in [4.78, 5) is 21.2. The molecule has 1 atom stereocenters. The number of aryl methyl sites for hydroxylation is 1. The van der Waals surface area contributed by atoms with E-state index in [4.69, 9.17) is 4.52 Å². The molecule has 0 saturated carbocycles. The summed E-state index contributed by atoms with van der Waals surface area (Å²) in [5.41, 5.74) is 2.70. The molecule has 1 aliphatic heterocycles. The number of aromatic nitrogens is 6. The molecule has 2 N–H and O–H groups in total. The van der Waals surface area contributed by atoms with Crippen molar-refractivity contribution >= 4 is 22.5 Å². The van der Waals surface area contributed by atoms with Gasteiger partial charge in [0.2, 0.25) is 11.7 Å². The van der Waals surface area contributed by atoms with Gasteiger partial charge in [-0.05, 0) is 51.5 Å². The highest BCUT2D eigenvalue weighted by Gasteiger charge is 2.31. The Balaban J connectivity index is 1.25. The molecular formula is C29H31F3N8O2. The van der Waals surface area contributed by atoms with Crippen LogP contribution in [0.1, 0.15) is 49.1 Å². The molecule has 4 aromatic heterocycles. The fraction of sp³-hybridized carbons (Fsp3) is 0.379. The highest BCUT2D eigenvalue weighted by molar-refractivity contribution is 5.96. The van der Waals surface area contributed by atoms with E-state index in [-0.39, 0.29) is 41.4 Å². The van der Waals surface area contributed by atoms with Gasteiger partial charge in [0, 0.05) is 59.9 Å². The molecule has 220 valence electrons. The van der Waals surface area contributed by atoms with Crippen LogP contribution in [0.4, 0.5) is 18.9 Å². The number of hydrogen-bond acceptors (Lipinski definition) is 6. The third-order valence-corrected chi connectivity index (χ3v) is 7.44. The van der Waals surface area contributed by atoms with Crippen LogP contribution in [0.3, 0.4) is 0 Å². The number of nitrogens with one attached hydrogen (secondary N) is 2. The minimum absolute atomic E-state index is 0.00565. The van der Waals surface area contributed by atoms with E-state index in [0.717, 1.165) is 35.3 Å². The summed E-state index contributed by atoms with van der Waals surface area (Å²) in [6, 6.07) is 8.71. The lowest BCUT2D eigenvalue weighted by atomic mass is 10.0. The van der Waals surface area contributed by atoms with Crippen molar-refractivity contribution in [3.63, 3.8) is 0 Å². The van der Waals surface area contributed by atoms with E-state index in [2.05, 4.69) is 30.3 Å².